The highest BCUT2D eigenvalue weighted by atomic mass is 32.2. The smallest absolute Gasteiger partial charge is 0.259 e. The molecule has 168 valence electrons. The van der Waals surface area contributed by atoms with E-state index in [2.05, 4.69) is 10.2 Å². The number of anilines is 2. The standard InChI is InChI=1S/C23H30N2O5S/c1-5-29-21-15-19(25-9-11-28-12-10-25)22(30-6-2)14-18(21)24-23(26)17-8-7-16(31-4)13-20(17)27-3/h7-8,13-15H,5-6,9-12H2,1-4H3,(H,24,26). The molecule has 1 saturated heterocycles. The molecule has 1 N–H and O–H groups in total. The Morgan fingerprint density at radius 1 is 1.06 bits per heavy atom. The Balaban J connectivity index is 1.95. The van der Waals surface area contributed by atoms with E-state index in [1.54, 1.807) is 24.9 Å². The van der Waals surface area contributed by atoms with Crippen molar-refractivity contribution in [2.75, 3.05) is 63.1 Å². The number of hydrogen-bond donors (Lipinski definition) is 1. The van der Waals surface area contributed by atoms with Crippen LogP contribution in [-0.2, 0) is 4.74 Å². The molecule has 0 atom stereocenters. The molecule has 0 aromatic heterocycles. The van der Waals surface area contributed by atoms with E-state index in [9.17, 15) is 4.79 Å². The first kappa shape index (κ1) is 23.1. The number of hydrogen-bond acceptors (Lipinski definition) is 7. The highest BCUT2D eigenvalue weighted by Gasteiger charge is 2.21. The lowest BCUT2D eigenvalue weighted by molar-refractivity contribution is 0.102. The monoisotopic (exact) mass is 446 g/mol. The second-order valence-electron chi connectivity index (χ2n) is 6.80. The number of morpholine rings is 1. The summed E-state index contributed by atoms with van der Waals surface area (Å²) in [5.74, 6) is 1.55. The van der Waals surface area contributed by atoms with Gasteiger partial charge in [-0.2, -0.15) is 0 Å². The van der Waals surface area contributed by atoms with Crippen molar-refractivity contribution in [1.29, 1.82) is 0 Å². The van der Waals surface area contributed by atoms with Crippen LogP contribution in [0.15, 0.2) is 35.2 Å². The molecule has 1 heterocycles. The van der Waals surface area contributed by atoms with Gasteiger partial charge in [-0.15, -0.1) is 11.8 Å². The van der Waals surface area contributed by atoms with Crippen LogP contribution in [0.1, 0.15) is 24.2 Å². The lowest BCUT2D eigenvalue weighted by Crippen LogP contribution is -2.36. The average Bonchev–Trinajstić information content (AvgIpc) is 2.80. The summed E-state index contributed by atoms with van der Waals surface area (Å²) >= 11 is 1.59. The van der Waals surface area contributed by atoms with Gasteiger partial charge >= 0.3 is 0 Å². The summed E-state index contributed by atoms with van der Waals surface area (Å²) in [7, 11) is 1.56. The van der Waals surface area contributed by atoms with Crippen LogP contribution in [0.3, 0.4) is 0 Å². The minimum atomic E-state index is -0.271. The third-order valence-corrected chi connectivity index (χ3v) is 5.64. The van der Waals surface area contributed by atoms with Crippen molar-refractivity contribution in [2.24, 2.45) is 0 Å². The van der Waals surface area contributed by atoms with Gasteiger partial charge in [-0.1, -0.05) is 0 Å². The first-order valence-corrected chi connectivity index (χ1v) is 11.6. The van der Waals surface area contributed by atoms with Crippen molar-refractivity contribution in [1.82, 2.24) is 0 Å². The fraction of sp³-hybridized carbons (Fsp3) is 0.435. The summed E-state index contributed by atoms with van der Waals surface area (Å²) in [5.41, 5.74) is 1.95. The number of benzene rings is 2. The van der Waals surface area contributed by atoms with Crippen LogP contribution < -0.4 is 24.4 Å². The molecule has 1 aliphatic heterocycles. The van der Waals surface area contributed by atoms with Gasteiger partial charge < -0.3 is 29.2 Å². The van der Waals surface area contributed by atoms with E-state index >= 15 is 0 Å². The van der Waals surface area contributed by atoms with Crippen molar-refractivity contribution >= 4 is 29.0 Å². The Bertz CT molecular complexity index is 900. The Morgan fingerprint density at radius 2 is 1.77 bits per heavy atom. The van der Waals surface area contributed by atoms with E-state index < -0.39 is 0 Å². The predicted octanol–water partition coefficient (Wildman–Crippen LogP) is 4.30. The number of carbonyl (C=O) groups is 1. The normalized spacial score (nSPS) is 13.6. The molecule has 2 aromatic carbocycles. The molecule has 0 bridgehead atoms. The van der Waals surface area contributed by atoms with Crippen molar-refractivity contribution in [3.8, 4) is 17.2 Å². The molecule has 7 nitrogen and oxygen atoms in total. The molecular formula is C23H30N2O5S. The number of thioether (sulfide) groups is 1. The van der Waals surface area contributed by atoms with Crippen molar-refractivity contribution in [2.45, 2.75) is 18.7 Å². The molecule has 0 unspecified atom stereocenters. The fourth-order valence-corrected chi connectivity index (χ4v) is 3.85. The topological polar surface area (TPSA) is 69.3 Å². The van der Waals surface area contributed by atoms with Gasteiger partial charge in [-0.25, -0.2) is 0 Å². The molecule has 1 fully saturated rings. The summed E-state index contributed by atoms with van der Waals surface area (Å²) < 4.78 is 22.7. The summed E-state index contributed by atoms with van der Waals surface area (Å²) in [6.07, 6.45) is 1.98. The van der Waals surface area contributed by atoms with Gasteiger partial charge in [0.25, 0.3) is 5.91 Å². The first-order chi connectivity index (χ1) is 15.1. The maximum atomic E-state index is 13.1. The van der Waals surface area contributed by atoms with Gasteiger partial charge in [0, 0.05) is 30.1 Å². The van der Waals surface area contributed by atoms with Crippen LogP contribution >= 0.6 is 11.8 Å². The molecule has 0 spiro atoms. The third kappa shape index (κ3) is 5.57. The number of carbonyl (C=O) groups excluding carboxylic acids is 1. The van der Waals surface area contributed by atoms with Crippen LogP contribution in [0.25, 0.3) is 0 Å². The molecule has 2 aromatic rings. The van der Waals surface area contributed by atoms with Crippen LogP contribution in [0.5, 0.6) is 17.2 Å². The Labute approximate surface area is 188 Å². The van der Waals surface area contributed by atoms with Crippen LogP contribution in [0, 0.1) is 0 Å². The number of rotatable bonds is 9. The van der Waals surface area contributed by atoms with Gasteiger partial charge in [0.05, 0.1) is 50.5 Å². The maximum Gasteiger partial charge on any atom is 0.259 e. The van der Waals surface area contributed by atoms with Crippen LogP contribution in [0.2, 0.25) is 0 Å². The second-order valence-corrected chi connectivity index (χ2v) is 7.68. The van der Waals surface area contributed by atoms with Gasteiger partial charge in [0.15, 0.2) is 0 Å². The van der Waals surface area contributed by atoms with Crippen molar-refractivity contribution < 1.29 is 23.7 Å². The minimum absolute atomic E-state index is 0.271. The Kier molecular flexibility index (Phi) is 8.31. The van der Waals surface area contributed by atoms with E-state index in [0.29, 0.717) is 54.9 Å². The average molecular weight is 447 g/mol. The summed E-state index contributed by atoms with van der Waals surface area (Å²) in [4.78, 5) is 16.3. The second kappa shape index (κ2) is 11.2. The zero-order chi connectivity index (χ0) is 22.2. The zero-order valence-corrected chi connectivity index (χ0v) is 19.3. The number of nitrogens with zero attached hydrogens (tertiary/aromatic N) is 1. The zero-order valence-electron chi connectivity index (χ0n) is 18.5. The summed E-state index contributed by atoms with van der Waals surface area (Å²) in [6.45, 7) is 7.73. The Morgan fingerprint density at radius 3 is 2.42 bits per heavy atom. The maximum absolute atomic E-state index is 13.1. The number of methoxy groups -OCH3 is 1. The van der Waals surface area contributed by atoms with E-state index in [1.807, 2.05) is 44.4 Å². The van der Waals surface area contributed by atoms with Gasteiger partial charge in [0.1, 0.15) is 17.2 Å². The summed E-state index contributed by atoms with van der Waals surface area (Å²) in [6, 6.07) is 9.30. The molecule has 0 radical (unpaired) electrons. The van der Waals surface area contributed by atoms with E-state index in [4.69, 9.17) is 18.9 Å². The number of ether oxygens (including phenoxy) is 4. The van der Waals surface area contributed by atoms with Gasteiger partial charge in [-0.05, 0) is 38.3 Å². The van der Waals surface area contributed by atoms with Crippen molar-refractivity contribution in [3.05, 3.63) is 35.9 Å². The quantitative estimate of drug-likeness (QED) is 0.576. The van der Waals surface area contributed by atoms with Crippen molar-refractivity contribution in [3.63, 3.8) is 0 Å². The fourth-order valence-electron chi connectivity index (χ4n) is 3.42. The first-order valence-electron chi connectivity index (χ1n) is 10.4. The highest BCUT2D eigenvalue weighted by Crippen LogP contribution is 2.40. The number of nitrogens with one attached hydrogen (secondary N) is 1. The third-order valence-electron chi connectivity index (χ3n) is 4.91. The van der Waals surface area contributed by atoms with Gasteiger partial charge in [0.2, 0.25) is 0 Å². The predicted molar refractivity (Wildman–Crippen MR) is 125 cm³/mol. The SMILES string of the molecule is CCOc1cc(N2CCOCC2)c(OCC)cc1NC(=O)c1ccc(SC)cc1OC. The highest BCUT2D eigenvalue weighted by molar-refractivity contribution is 7.98. The summed E-state index contributed by atoms with van der Waals surface area (Å²) in [5, 5.41) is 2.98. The molecular weight excluding hydrogens is 416 g/mol. The Hall–Kier alpha value is -2.58. The van der Waals surface area contributed by atoms with Gasteiger partial charge in [-0.3, -0.25) is 4.79 Å². The largest absolute Gasteiger partial charge is 0.496 e. The molecule has 0 saturated carbocycles. The number of amides is 1. The molecule has 1 amide bonds. The van der Waals surface area contributed by atoms with E-state index in [1.165, 1.54) is 0 Å². The molecule has 0 aliphatic carbocycles. The molecule has 8 heteroatoms. The minimum Gasteiger partial charge on any atom is -0.496 e. The lowest BCUT2D eigenvalue weighted by Gasteiger charge is -2.31. The van der Waals surface area contributed by atoms with E-state index in [0.717, 1.165) is 23.7 Å². The molecule has 31 heavy (non-hydrogen) atoms. The molecule has 3 rings (SSSR count). The van der Waals surface area contributed by atoms with E-state index in [-0.39, 0.29) is 5.91 Å². The molecule has 1 aliphatic rings. The lowest BCUT2D eigenvalue weighted by atomic mass is 10.1. The van der Waals surface area contributed by atoms with Crippen LogP contribution in [-0.4, -0.2) is 58.8 Å². The van der Waals surface area contributed by atoms with Crippen LogP contribution in [0.4, 0.5) is 11.4 Å².